The van der Waals surface area contributed by atoms with Gasteiger partial charge in [-0.2, -0.15) is 0 Å². The summed E-state index contributed by atoms with van der Waals surface area (Å²) in [4.78, 5) is 0. The minimum absolute atomic E-state index is 1.09. The summed E-state index contributed by atoms with van der Waals surface area (Å²) in [5, 5.41) is 0. The van der Waals surface area contributed by atoms with Crippen LogP contribution in [0.15, 0.2) is 0 Å². The van der Waals surface area contributed by atoms with Crippen LogP contribution in [0.25, 0.3) is 0 Å². The van der Waals surface area contributed by atoms with Crippen LogP contribution in [0.1, 0.15) is 77.6 Å². The first-order valence-corrected chi connectivity index (χ1v) is 7.40. The van der Waals surface area contributed by atoms with E-state index in [1.165, 1.54) is 32.1 Å². The molecule has 2 fully saturated rings. The van der Waals surface area contributed by atoms with Gasteiger partial charge in [0, 0.05) is 0 Å². The number of hydrogen-bond acceptors (Lipinski definition) is 0. The molecule has 0 heterocycles. The van der Waals surface area contributed by atoms with Crippen molar-refractivity contribution in [3.8, 4) is 0 Å². The average Bonchev–Trinajstić information content (AvgIpc) is 2.32. The molecule has 0 heteroatoms. The highest BCUT2D eigenvalue weighted by Crippen LogP contribution is 2.40. The molecule has 0 spiro atoms. The van der Waals surface area contributed by atoms with Gasteiger partial charge in [-0.25, -0.2) is 0 Å². The summed E-state index contributed by atoms with van der Waals surface area (Å²) in [6.07, 6.45) is 16.8. The lowest BCUT2D eigenvalue weighted by Crippen LogP contribution is -2.23. The third-order valence-electron chi connectivity index (χ3n) is 4.90. The second-order valence-electron chi connectivity index (χ2n) is 5.97. The molecule has 15 heavy (non-hydrogen) atoms. The molecule has 88 valence electrons. The van der Waals surface area contributed by atoms with Crippen LogP contribution in [0.3, 0.4) is 0 Å². The van der Waals surface area contributed by atoms with Crippen LogP contribution in [0.5, 0.6) is 0 Å². The molecule has 0 atom stereocenters. The first-order chi connectivity index (χ1) is 7.40. The summed E-state index contributed by atoms with van der Waals surface area (Å²) in [7, 11) is 0. The molecular formula is C15H28. The quantitative estimate of drug-likeness (QED) is 0.600. The molecule has 0 saturated heterocycles. The monoisotopic (exact) mass is 208 g/mol. The van der Waals surface area contributed by atoms with Crippen LogP contribution in [0.2, 0.25) is 0 Å². The van der Waals surface area contributed by atoms with E-state index in [2.05, 4.69) is 6.92 Å². The Hall–Kier alpha value is 0. The van der Waals surface area contributed by atoms with Crippen molar-refractivity contribution in [2.45, 2.75) is 77.6 Å². The largest absolute Gasteiger partial charge is 0.0654 e. The van der Waals surface area contributed by atoms with E-state index in [0.29, 0.717) is 0 Å². The van der Waals surface area contributed by atoms with E-state index in [4.69, 9.17) is 0 Å². The molecule has 2 rings (SSSR count). The van der Waals surface area contributed by atoms with Gasteiger partial charge in [0.15, 0.2) is 0 Å². The van der Waals surface area contributed by atoms with Crippen LogP contribution in [0.4, 0.5) is 0 Å². The first kappa shape index (κ1) is 11.5. The maximum atomic E-state index is 2.34. The van der Waals surface area contributed by atoms with Crippen LogP contribution < -0.4 is 0 Å². The third-order valence-corrected chi connectivity index (χ3v) is 4.90. The van der Waals surface area contributed by atoms with Crippen molar-refractivity contribution in [1.82, 2.24) is 0 Å². The second-order valence-corrected chi connectivity index (χ2v) is 5.97. The minimum atomic E-state index is 1.09. The van der Waals surface area contributed by atoms with Crippen molar-refractivity contribution >= 4 is 0 Å². The molecule has 0 aromatic rings. The van der Waals surface area contributed by atoms with E-state index in [1.807, 2.05) is 0 Å². The number of rotatable bonds is 3. The molecule has 0 aliphatic heterocycles. The predicted octanol–water partition coefficient (Wildman–Crippen LogP) is 5.17. The lowest BCUT2D eigenvalue weighted by Gasteiger charge is -2.35. The van der Waals surface area contributed by atoms with Crippen LogP contribution in [-0.2, 0) is 0 Å². The van der Waals surface area contributed by atoms with Gasteiger partial charge < -0.3 is 0 Å². The summed E-state index contributed by atoms with van der Waals surface area (Å²) in [5.41, 5.74) is 0. The van der Waals surface area contributed by atoms with Crippen LogP contribution in [-0.4, -0.2) is 0 Å². The lowest BCUT2D eigenvalue weighted by atomic mass is 9.70. The molecule has 0 aromatic carbocycles. The molecule has 0 N–H and O–H groups in total. The average molecular weight is 208 g/mol. The molecule has 2 aliphatic rings. The van der Waals surface area contributed by atoms with Crippen LogP contribution in [0, 0.1) is 17.8 Å². The van der Waals surface area contributed by atoms with E-state index >= 15 is 0 Å². The second kappa shape index (κ2) is 5.92. The maximum absolute atomic E-state index is 2.34. The summed E-state index contributed by atoms with van der Waals surface area (Å²) in [6, 6.07) is 0. The van der Waals surface area contributed by atoms with E-state index < -0.39 is 0 Å². The van der Waals surface area contributed by atoms with Crippen molar-refractivity contribution < 1.29 is 0 Å². The predicted molar refractivity (Wildman–Crippen MR) is 66.9 cm³/mol. The van der Waals surface area contributed by atoms with Gasteiger partial charge in [-0.15, -0.1) is 0 Å². The van der Waals surface area contributed by atoms with Crippen molar-refractivity contribution in [2.24, 2.45) is 17.8 Å². The number of hydrogen-bond donors (Lipinski definition) is 0. The van der Waals surface area contributed by atoms with Gasteiger partial charge in [0.05, 0.1) is 0 Å². The Bertz CT molecular complexity index is 159. The summed E-state index contributed by atoms with van der Waals surface area (Å²) < 4.78 is 0. The van der Waals surface area contributed by atoms with Crippen molar-refractivity contribution in [2.75, 3.05) is 0 Å². The van der Waals surface area contributed by atoms with Gasteiger partial charge in [0.1, 0.15) is 0 Å². The summed E-state index contributed by atoms with van der Waals surface area (Å²) in [6.45, 7) is 2.34. The van der Waals surface area contributed by atoms with Gasteiger partial charge in [-0.05, 0) is 30.6 Å². The normalized spacial score (nSPS) is 34.2. The molecule has 0 unspecified atom stereocenters. The van der Waals surface area contributed by atoms with Crippen molar-refractivity contribution in [3.05, 3.63) is 0 Å². The van der Waals surface area contributed by atoms with Crippen LogP contribution >= 0.6 is 0 Å². The third kappa shape index (κ3) is 3.23. The van der Waals surface area contributed by atoms with Crippen molar-refractivity contribution in [1.29, 1.82) is 0 Å². The van der Waals surface area contributed by atoms with Crippen molar-refractivity contribution in [3.63, 3.8) is 0 Å². The maximum Gasteiger partial charge on any atom is -0.0386 e. The SMILES string of the molecule is CCCC1CCC(C2CCCCC2)CC1. The molecule has 2 saturated carbocycles. The summed E-state index contributed by atoms with van der Waals surface area (Å²) in [5.74, 6) is 3.34. The standard InChI is InChI=1S/C15H28/c1-2-6-13-9-11-15(12-10-13)14-7-4-3-5-8-14/h13-15H,2-12H2,1H3. The molecule has 0 amide bonds. The van der Waals surface area contributed by atoms with Gasteiger partial charge in [-0.3, -0.25) is 0 Å². The Labute approximate surface area is 95.8 Å². The fourth-order valence-corrected chi connectivity index (χ4v) is 3.96. The van der Waals surface area contributed by atoms with E-state index in [0.717, 1.165) is 17.8 Å². The Morgan fingerprint density at radius 1 is 0.733 bits per heavy atom. The Morgan fingerprint density at radius 3 is 1.93 bits per heavy atom. The van der Waals surface area contributed by atoms with Gasteiger partial charge in [0.2, 0.25) is 0 Å². The molecule has 0 bridgehead atoms. The topological polar surface area (TPSA) is 0 Å². The van der Waals surface area contributed by atoms with E-state index in [9.17, 15) is 0 Å². The lowest BCUT2D eigenvalue weighted by molar-refractivity contribution is 0.163. The van der Waals surface area contributed by atoms with Gasteiger partial charge >= 0.3 is 0 Å². The highest BCUT2D eigenvalue weighted by molar-refractivity contribution is 4.79. The molecule has 0 nitrogen and oxygen atoms in total. The molecule has 0 aromatic heterocycles. The highest BCUT2D eigenvalue weighted by Gasteiger charge is 2.27. The fourth-order valence-electron chi connectivity index (χ4n) is 3.96. The molecule has 2 aliphatic carbocycles. The molecular weight excluding hydrogens is 180 g/mol. The fraction of sp³-hybridized carbons (Fsp3) is 1.00. The van der Waals surface area contributed by atoms with E-state index in [-0.39, 0.29) is 0 Å². The smallest absolute Gasteiger partial charge is 0.0386 e. The molecule has 0 radical (unpaired) electrons. The zero-order valence-corrected chi connectivity index (χ0v) is 10.5. The summed E-state index contributed by atoms with van der Waals surface area (Å²) >= 11 is 0. The zero-order chi connectivity index (χ0) is 10.5. The Balaban J connectivity index is 1.72. The first-order valence-electron chi connectivity index (χ1n) is 7.40. The minimum Gasteiger partial charge on any atom is -0.0654 e. The Kier molecular flexibility index (Phi) is 4.53. The zero-order valence-electron chi connectivity index (χ0n) is 10.5. The van der Waals surface area contributed by atoms with Gasteiger partial charge in [-0.1, -0.05) is 64.7 Å². The highest BCUT2D eigenvalue weighted by atomic mass is 14.3. The Morgan fingerprint density at radius 2 is 1.33 bits per heavy atom. The van der Waals surface area contributed by atoms with Gasteiger partial charge in [0.25, 0.3) is 0 Å². The van der Waals surface area contributed by atoms with E-state index in [1.54, 1.807) is 38.5 Å².